The molecular weight excluding hydrogens is 308 g/mol. The average molecular weight is 330 g/mol. The van der Waals surface area contributed by atoms with Gasteiger partial charge < -0.3 is 19.2 Å². The van der Waals surface area contributed by atoms with Crippen LogP contribution in [0.15, 0.2) is 41.0 Å². The number of nitrogens with one attached hydrogen (secondary N) is 1. The van der Waals surface area contributed by atoms with Crippen molar-refractivity contribution in [3.8, 4) is 11.5 Å². The molecule has 3 rings (SSSR count). The molecule has 1 atom stereocenters. The quantitative estimate of drug-likeness (QED) is 0.912. The molecule has 2 heterocycles. The number of fused-ring (bicyclic) bond motifs is 1. The second kappa shape index (κ2) is 7.40. The van der Waals surface area contributed by atoms with Crippen molar-refractivity contribution < 1.29 is 18.7 Å². The molecule has 0 spiro atoms. The van der Waals surface area contributed by atoms with Gasteiger partial charge in [0.15, 0.2) is 11.5 Å². The van der Waals surface area contributed by atoms with Gasteiger partial charge in [0, 0.05) is 18.5 Å². The number of rotatable bonds is 5. The van der Waals surface area contributed by atoms with Gasteiger partial charge in [0.2, 0.25) is 0 Å². The molecule has 0 aliphatic carbocycles. The molecule has 24 heavy (non-hydrogen) atoms. The number of nitrogens with zero attached hydrogens (tertiary/aromatic N) is 1. The maximum atomic E-state index is 12.5. The summed E-state index contributed by atoms with van der Waals surface area (Å²) in [5.74, 6) is 1.98. The van der Waals surface area contributed by atoms with Crippen LogP contribution in [0.4, 0.5) is 0 Å². The number of hydrogen-bond acceptors (Lipinski definition) is 5. The van der Waals surface area contributed by atoms with Gasteiger partial charge in [0.25, 0.3) is 5.91 Å². The predicted molar refractivity (Wildman–Crippen MR) is 89.5 cm³/mol. The number of carbonyl (C=O) groups is 1. The van der Waals surface area contributed by atoms with Crippen LogP contribution in [0.25, 0.3) is 0 Å². The van der Waals surface area contributed by atoms with E-state index in [2.05, 4.69) is 5.32 Å². The maximum Gasteiger partial charge on any atom is 0.251 e. The highest BCUT2D eigenvalue weighted by atomic mass is 16.5. The molecule has 2 aromatic rings. The normalized spacial score (nSPS) is 15.0. The summed E-state index contributed by atoms with van der Waals surface area (Å²) in [6, 6.07) is 8.99. The van der Waals surface area contributed by atoms with Crippen LogP contribution >= 0.6 is 0 Å². The van der Waals surface area contributed by atoms with E-state index in [4.69, 9.17) is 13.9 Å². The fourth-order valence-corrected chi connectivity index (χ4v) is 2.61. The molecule has 1 aliphatic rings. The standard InChI is InChI=1S/C18H22N2O4/c1-20(2)14(15-5-3-8-22-15)12-19-18(21)13-6-7-16-17(11-13)24-10-4-9-23-16/h3,5-8,11,14H,4,9-10,12H2,1-2H3,(H,19,21)/t14-/m0/s1. The summed E-state index contributed by atoms with van der Waals surface area (Å²) in [7, 11) is 3.90. The third-order valence-corrected chi connectivity index (χ3v) is 3.96. The van der Waals surface area contributed by atoms with Crippen molar-refractivity contribution in [2.75, 3.05) is 33.9 Å². The number of ether oxygens (including phenoxy) is 2. The predicted octanol–water partition coefficient (Wildman–Crippen LogP) is 2.47. The Bertz CT molecular complexity index is 682. The van der Waals surface area contributed by atoms with Crippen LogP contribution in [0.2, 0.25) is 0 Å². The summed E-state index contributed by atoms with van der Waals surface area (Å²) in [6.07, 6.45) is 2.47. The molecule has 1 aliphatic heterocycles. The Morgan fingerprint density at radius 2 is 2.00 bits per heavy atom. The Hall–Kier alpha value is -2.47. The van der Waals surface area contributed by atoms with Crippen molar-refractivity contribution in [2.24, 2.45) is 0 Å². The minimum atomic E-state index is -0.149. The Morgan fingerprint density at radius 1 is 1.21 bits per heavy atom. The minimum Gasteiger partial charge on any atom is -0.490 e. The first-order valence-electron chi connectivity index (χ1n) is 8.03. The Balaban J connectivity index is 1.67. The first-order valence-corrected chi connectivity index (χ1v) is 8.03. The van der Waals surface area contributed by atoms with Crippen LogP contribution in [0.1, 0.15) is 28.6 Å². The summed E-state index contributed by atoms with van der Waals surface area (Å²) in [5.41, 5.74) is 0.552. The topological polar surface area (TPSA) is 63.9 Å². The third-order valence-electron chi connectivity index (χ3n) is 3.96. The van der Waals surface area contributed by atoms with Crippen molar-refractivity contribution in [1.82, 2.24) is 10.2 Å². The van der Waals surface area contributed by atoms with E-state index >= 15 is 0 Å². The molecule has 1 aromatic carbocycles. The number of likely N-dealkylation sites (N-methyl/N-ethyl adjacent to an activating group) is 1. The zero-order chi connectivity index (χ0) is 16.9. The van der Waals surface area contributed by atoms with Crippen molar-refractivity contribution in [2.45, 2.75) is 12.5 Å². The van der Waals surface area contributed by atoms with E-state index in [1.54, 1.807) is 24.5 Å². The number of benzene rings is 1. The lowest BCUT2D eigenvalue weighted by Gasteiger charge is -2.22. The van der Waals surface area contributed by atoms with E-state index in [0.717, 1.165) is 12.2 Å². The van der Waals surface area contributed by atoms with Crippen LogP contribution in [0, 0.1) is 0 Å². The number of amides is 1. The van der Waals surface area contributed by atoms with Crippen molar-refractivity contribution in [3.05, 3.63) is 47.9 Å². The van der Waals surface area contributed by atoms with Crippen LogP contribution in [-0.4, -0.2) is 44.7 Å². The van der Waals surface area contributed by atoms with E-state index in [0.29, 0.717) is 36.8 Å². The second-order valence-corrected chi connectivity index (χ2v) is 5.92. The van der Waals surface area contributed by atoms with Crippen LogP contribution in [0.3, 0.4) is 0 Å². The largest absolute Gasteiger partial charge is 0.490 e. The summed E-state index contributed by atoms with van der Waals surface area (Å²) in [6.45, 7) is 1.68. The number of carbonyl (C=O) groups excluding carboxylic acids is 1. The van der Waals surface area contributed by atoms with Crippen LogP contribution in [0.5, 0.6) is 11.5 Å². The van der Waals surface area contributed by atoms with E-state index in [9.17, 15) is 4.79 Å². The van der Waals surface area contributed by atoms with E-state index < -0.39 is 0 Å². The number of hydrogen-bond donors (Lipinski definition) is 1. The van der Waals surface area contributed by atoms with Gasteiger partial charge in [0.05, 0.1) is 25.5 Å². The molecule has 1 aromatic heterocycles. The SMILES string of the molecule is CN(C)[C@@H](CNC(=O)c1ccc2c(c1)OCCCO2)c1ccco1. The lowest BCUT2D eigenvalue weighted by Crippen LogP contribution is -2.34. The van der Waals surface area contributed by atoms with Crippen LogP contribution in [-0.2, 0) is 0 Å². The van der Waals surface area contributed by atoms with Gasteiger partial charge in [-0.25, -0.2) is 0 Å². The maximum absolute atomic E-state index is 12.5. The van der Waals surface area contributed by atoms with Crippen molar-refractivity contribution >= 4 is 5.91 Å². The molecule has 0 fully saturated rings. The molecule has 6 heteroatoms. The summed E-state index contributed by atoms with van der Waals surface area (Å²) in [5, 5.41) is 2.95. The highest BCUT2D eigenvalue weighted by Crippen LogP contribution is 2.30. The smallest absolute Gasteiger partial charge is 0.251 e. The van der Waals surface area contributed by atoms with E-state index in [1.165, 1.54) is 0 Å². The van der Waals surface area contributed by atoms with Crippen LogP contribution < -0.4 is 14.8 Å². The van der Waals surface area contributed by atoms with Gasteiger partial charge in [-0.1, -0.05) is 0 Å². The first kappa shape index (κ1) is 16.4. The molecule has 0 saturated carbocycles. The Labute approximate surface area is 141 Å². The zero-order valence-electron chi connectivity index (χ0n) is 14.0. The lowest BCUT2D eigenvalue weighted by atomic mass is 10.1. The van der Waals surface area contributed by atoms with E-state index in [1.807, 2.05) is 31.1 Å². The summed E-state index contributed by atoms with van der Waals surface area (Å²) < 4.78 is 16.7. The Kier molecular flexibility index (Phi) is 5.05. The van der Waals surface area contributed by atoms with Gasteiger partial charge in [-0.3, -0.25) is 9.69 Å². The molecule has 0 bridgehead atoms. The van der Waals surface area contributed by atoms with Gasteiger partial charge in [0.1, 0.15) is 5.76 Å². The fourth-order valence-electron chi connectivity index (χ4n) is 2.61. The van der Waals surface area contributed by atoms with Gasteiger partial charge in [-0.15, -0.1) is 0 Å². The monoisotopic (exact) mass is 330 g/mol. The van der Waals surface area contributed by atoms with Gasteiger partial charge in [-0.2, -0.15) is 0 Å². The molecule has 0 saturated heterocycles. The molecular formula is C18H22N2O4. The molecule has 0 unspecified atom stereocenters. The van der Waals surface area contributed by atoms with Crippen molar-refractivity contribution in [3.63, 3.8) is 0 Å². The summed E-state index contributed by atoms with van der Waals surface area (Å²) in [4.78, 5) is 14.5. The van der Waals surface area contributed by atoms with Crippen molar-refractivity contribution in [1.29, 1.82) is 0 Å². The minimum absolute atomic E-state index is 0.0237. The number of furan rings is 1. The third kappa shape index (κ3) is 3.71. The summed E-state index contributed by atoms with van der Waals surface area (Å²) >= 11 is 0. The lowest BCUT2D eigenvalue weighted by molar-refractivity contribution is 0.0938. The first-order chi connectivity index (χ1) is 11.6. The van der Waals surface area contributed by atoms with E-state index in [-0.39, 0.29) is 11.9 Å². The second-order valence-electron chi connectivity index (χ2n) is 5.92. The van der Waals surface area contributed by atoms with Gasteiger partial charge >= 0.3 is 0 Å². The molecule has 6 nitrogen and oxygen atoms in total. The molecule has 128 valence electrons. The van der Waals surface area contributed by atoms with Gasteiger partial charge in [-0.05, 0) is 44.4 Å². The molecule has 1 amide bonds. The fraction of sp³-hybridized carbons (Fsp3) is 0.389. The Morgan fingerprint density at radius 3 is 2.71 bits per heavy atom. The molecule has 1 N–H and O–H groups in total. The highest BCUT2D eigenvalue weighted by Gasteiger charge is 2.19. The molecule has 0 radical (unpaired) electrons. The average Bonchev–Trinajstić information content (AvgIpc) is 2.99. The highest BCUT2D eigenvalue weighted by molar-refractivity contribution is 5.94. The zero-order valence-corrected chi connectivity index (χ0v) is 14.0.